The van der Waals surface area contributed by atoms with E-state index in [4.69, 9.17) is 0 Å². The molecule has 0 aliphatic rings. The predicted octanol–water partition coefficient (Wildman–Crippen LogP) is 6.24. The maximum Gasteiger partial charge on any atom is 0.267 e. The first kappa shape index (κ1) is 23.0. The maximum absolute atomic E-state index is 13.3. The van der Waals surface area contributed by atoms with Gasteiger partial charge in [0, 0.05) is 11.9 Å². The summed E-state index contributed by atoms with van der Waals surface area (Å²) in [6, 6.07) is 13.0. The van der Waals surface area contributed by atoms with Crippen molar-refractivity contribution in [2.45, 2.75) is 58.9 Å². The molecule has 6 nitrogen and oxygen atoms in total. The number of aromatic nitrogens is 2. The first-order chi connectivity index (χ1) is 16.0. The van der Waals surface area contributed by atoms with Crippen molar-refractivity contribution >= 4 is 43.5 Å². The van der Waals surface area contributed by atoms with Gasteiger partial charge in [0.05, 0.1) is 15.7 Å². The largest absolute Gasteiger partial charge is 0.506 e. The Morgan fingerprint density at radius 1 is 1.09 bits per heavy atom. The molecule has 4 rings (SSSR count). The Morgan fingerprint density at radius 2 is 1.85 bits per heavy atom. The van der Waals surface area contributed by atoms with Gasteiger partial charge < -0.3 is 9.67 Å². The van der Waals surface area contributed by atoms with Crippen molar-refractivity contribution in [3.63, 3.8) is 0 Å². The molecule has 0 unspecified atom stereocenters. The van der Waals surface area contributed by atoms with Crippen LogP contribution in [-0.4, -0.2) is 20.6 Å². The van der Waals surface area contributed by atoms with Crippen LogP contribution in [0, 0.1) is 6.92 Å². The van der Waals surface area contributed by atoms with E-state index in [1.165, 1.54) is 30.6 Å². The summed E-state index contributed by atoms with van der Waals surface area (Å²) in [7, 11) is 0. The van der Waals surface area contributed by atoms with Gasteiger partial charge in [-0.1, -0.05) is 68.6 Å². The van der Waals surface area contributed by atoms with E-state index in [0.717, 1.165) is 35.0 Å². The van der Waals surface area contributed by atoms with Gasteiger partial charge in [0.15, 0.2) is 5.13 Å². The summed E-state index contributed by atoms with van der Waals surface area (Å²) in [6.07, 6.45) is 6.59. The fourth-order valence-electron chi connectivity index (χ4n) is 4.11. The number of carbonyl (C=O) groups is 1. The van der Waals surface area contributed by atoms with Crippen LogP contribution in [-0.2, 0) is 6.54 Å². The summed E-state index contributed by atoms with van der Waals surface area (Å²) in [5, 5.41) is 14.5. The molecule has 4 aromatic rings. The Balaban J connectivity index is 1.64. The molecular formula is C26H29N3O3S. The number of thiazole rings is 1. The van der Waals surface area contributed by atoms with Crippen molar-refractivity contribution in [1.82, 2.24) is 9.55 Å². The smallest absolute Gasteiger partial charge is 0.267 e. The molecule has 33 heavy (non-hydrogen) atoms. The Morgan fingerprint density at radius 3 is 2.67 bits per heavy atom. The molecule has 2 N–H and O–H groups in total. The van der Waals surface area contributed by atoms with E-state index < -0.39 is 11.5 Å². The summed E-state index contributed by atoms with van der Waals surface area (Å²) in [5.74, 6) is -0.931. The number of benzene rings is 2. The number of nitrogens with one attached hydrogen (secondary N) is 1. The summed E-state index contributed by atoms with van der Waals surface area (Å²) < 4.78 is 2.57. The molecule has 2 heterocycles. The molecule has 2 aromatic carbocycles. The number of unbranched alkanes of at least 4 members (excludes halogenated alkanes) is 5. The van der Waals surface area contributed by atoms with Gasteiger partial charge in [-0.15, -0.1) is 0 Å². The summed E-state index contributed by atoms with van der Waals surface area (Å²) >= 11 is 1.34. The van der Waals surface area contributed by atoms with E-state index in [0.29, 0.717) is 22.6 Å². The number of pyridine rings is 1. The molecule has 0 fully saturated rings. The minimum atomic E-state index is -0.643. The Kier molecular flexibility index (Phi) is 7.08. The average molecular weight is 464 g/mol. The topological polar surface area (TPSA) is 84.2 Å². The van der Waals surface area contributed by atoms with Crippen LogP contribution in [0.25, 0.3) is 21.1 Å². The number of carbonyl (C=O) groups excluding carboxylic acids is 1. The number of amides is 1. The van der Waals surface area contributed by atoms with Gasteiger partial charge >= 0.3 is 0 Å². The lowest BCUT2D eigenvalue weighted by Gasteiger charge is -2.14. The van der Waals surface area contributed by atoms with E-state index in [1.807, 2.05) is 37.3 Å². The highest BCUT2D eigenvalue weighted by molar-refractivity contribution is 7.22. The van der Waals surface area contributed by atoms with Gasteiger partial charge in [0.1, 0.15) is 11.3 Å². The van der Waals surface area contributed by atoms with Gasteiger partial charge in [-0.2, -0.15) is 0 Å². The molecule has 0 radical (unpaired) electrons. The zero-order chi connectivity index (χ0) is 23.4. The van der Waals surface area contributed by atoms with Crippen LogP contribution in [0.15, 0.2) is 47.3 Å². The third kappa shape index (κ3) is 4.93. The second-order valence-corrected chi connectivity index (χ2v) is 9.44. The molecule has 2 aromatic heterocycles. The quantitative estimate of drug-likeness (QED) is 0.288. The van der Waals surface area contributed by atoms with Crippen LogP contribution >= 0.6 is 11.3 Å². The number of para-hydroxylation sites is 1. The molecular weight excluding hydrogens is 434 g/mol. The van der Waals surface area contributed by atoms with Crippen LogP contribution in [0.3, 0.4) is 0 Å². The number of fused-ring (bicyclic) bond motifs is 2. The summed E-state index contributed by atoms with van der Waals surface area (Å²) in [6.45, 7) is 4.69. The third-order valence-corrected chi connectivity index (χ3v) is 6.81. The van der Waals surface area contributed by atoms with Crippen LogP contribution in [0.2, 0.25) is 0 Å². The second kappa shape index (κ2) is 10.2. The van der Waals surface area contributed by atoms with Crippen LogP contribution in [0.1, 0.15) is 61.4 Å². The van der Waals surface area contributed by atoms with Gasteiger partial charge in [-0.05, 0) is 43.2 Å². The van der Waals surface area contributed by atoms with E-state index in [-0.39, 0.29) is 11.3 Å². The number of aromatic hydroxyl groups is 1. The average Bonchev–Trinajstić information content (AvgIpc) is 3.19. The lowest BCUT2D eigenvalue weighted by Crippen LogP contribution is -2.30. The Labute approximate surface area is 196 Å². The summed E-state index contributed by atoms with van der Waals surface area (Å²) in [5.41, 5.74) is 1.81. The van der Waals surface area contributed by atoms with E-state index in [9.17, 15) is 14.7 Å². The first-order valence-corrected chi connectivity index (χ1v) is 12.3. The first-order valence-electron chi connectivity index (χ1n) is 11.5. The normalized spacial score (nSPS) is 11.3. The van der Waals surface area contributed by atoms with E-state index in [2.05, 4.69) is 17.2 Å². The molecule has 0 aliphatic heterocycles. The number of aryl methyl sites for hydroxylation is 2. The number of anilines is 1. The lowest BCUT2D eigenvalue weighted by atomic mass is 10.1. The van der Waals surface area contributed by atoms with Gasteiger partial charge in [0.2, 0.25) is 0 Å². The van der Waals surface area contributed by atoms with Crippen molar-refractivity contribution in [3.8, 4) is 5.75 Å². The van der Waals surface area contributed by atoms with Gasteiger partial charge in [-0.3, -0.25) is 14.9 Å². The fraction of sp³-hybridized carbons (Fsp3) is 0.346. The molecule has 0 aliphatic carbocycles. The lowest BCUT2D eigenvalue weighted by molar-refractivity contribution is 0.102. The van der Waals surface area contributed by atoms with Crippen molar-refractivity contribution in [2.75, 3.05) is 5.32 Å². The standard InChI is InChI=1S/C26H29N3O3S/c1-3-4-5-6-7-10-15-29-20-12-9-8-11-18(20)23(30)22(25(29)32)24(31)28-26-27-19-14-13-17(2)16-21(19)33-26/h8-9,11-14,16,30H,3-7,10,15H2,1-2H3,(H,27,28,31). The third-order valence-electron chi connectivity index (χ3n) is 5.87. The SMILES string of the molecule is CCCCCCCCn1c(=O)c(C(=O)Nc2nc3ccc(C)cc3s2)c(O)c2ccccc21. The number of hydrogen-bond donors (Lipinski definition) is 2. The highest BCUT2D eigenvalue weighted by atomic mass is 32.1. The van der Waals surface area contributed by atoms with Crippen molar-refractivity contribution in [2.24, 2.45) is 0 Å². The molecule has 7 heteroatoms. The minimum Gasteiger partial charge on any atom is -0.506 e. The zero-order valence-electron chi connectivity index (χ0n) is 19.1. The minimum absolute atomic E-state index is 0.241. The van der Waals surface area contributed by atoms with Gasteiger partial charge in [-0.25, -0.2) is 4.98 Å². The van der Waals surface area contributed by atoms with Crippen LogP contribution in [0.4, 0.5) is 5.13 Å². The Hall–Kier alpha value is -3.19. The monoisotopic (exact) mass is 463 g/mol. The molecule has 0 spiro atoms. The number of nitrogens with zero attached hydrogens (tertiary/aromatic N) is 2. The fourth-order valence-corrected chi connectivity index (χ4v) is 5.07. The van der Waals surface area contributed by atoms with Gasteiger partial charge in [0.25, 0.3) is 11.5 Å². The molecule has 0 saturated carbocycles. The number of hydrogen-bond acceptors (Lipinski definition) is 5. The maximum atomic E-state index is 13.3. The van der Waals surface area contributed by atoms with Crippen LogP contribution in [0.5, 0.6) is 5.75 Å². The highest BCUT2D eigenvalue weighted by Crippen LogP contribution is 2.30. The highest BCUT2D eigenvalue weighted by Gasteiger charge is 2.23. The summed E-state index contributed by atoms with van der Waals surface area (Å²) in [4.78, 5) is 30.9. The molecule has 0 saturated heterocycles. The number of rotatable bonds is 9. The zero-order valence-corrected chi connectivity index (χ0v) is 19.9. The van der Waals surface area contributed by atoms with E-state index in [1.54, 1.807) is 16.7 Å². The Bertz CT molecular complexity index is 1360. The van der Waals surface area contributed by atoms with Crippen molar-refractivity contribution in [1.29, 1.82) is 0 Å². The second-order valence-electron chi connectivity index (χ2n) is 8.41. The van der Waals surface area contributed by atoms with Crippen molar-refractivity contribution < 1.29 is 9.90 Å². The van der Waals surface area contributed by atoms with Crippen molar-refractivity contribution in [3.05, 3.63) is 63.9 Å². The van der Waals surface area contributed by atoms with Crippen LogP contribution < -0.4 is 10.9 Å². The van der Waals surface area contributed by atoms with E-state index >= 15 is 0 Å². The predicted molar refractivity (Wildman–Crippen MR) is 136 cm³/mol. The molecule has 1 amide bonds. The molecule has 0 bridgehead atoms. The molecule has 172 valence electrons. The molecule has 0 atom stereocenters.